The quantitative estimate of drug-likeness (QED) is 0.763. The van der Waals surface area contributed by atoms with Crippen molar-refractivity contribution in [3.05, 3.63) is 64.7 Å². The van der Waals surface area contributed by atoms with Crippen LogP contribution in [0, 0.1) is 0 Å². The first kappa shape index (κ1) is 16.9. The third kappa shape index (κ3) is 5.72. The van der Waals surface area contributed by atoms with E-state index in [-0.39, 0.29) is 12.5 Å². The van der Waals surface area contributed by atoms with Crippen LogP contribution in [0.5, 0.6) is 0 Å². The fourth-order valence-electron chi connectivity index (χ4n) is 1.89. The highest BCUT2D eigenvalue weighted by molar-refractivity contribution is 8.00. The van der Waals surface area contributed by atoms with Crippen LogP contribution in [0.3, 0.4) is 0 Å². The van der Waals surface area contributed by atoms with Gasteiger partial charge in [-0.25, -0.2) is 0 Å². The smallest absolute Gasteiger partial charge is 0.230 e. The van der Waals surface area contributed by atoms with Crippen LogP contribution < -0.4 is 5.32 Å². The van der Waals surface area contributed by atoms with Crippen molar-refractivity contribution < 1.29 is 9.90 Å². The third-order valence-electron chi connectivity index (χ3n) is 3.12. The van der Waals surface area contributed by atoms with E-state index in [1.54, 1.807) is 0 Å². The van der Waals surface area contributed by atoms with Crippen molar-refractivity contribution in [3.63, 3.8) is 0 Å². The number of carbonyl (C=O) groups is 1. The van der Waals surface area contributed by atoms with Gasteiger partial charge in [0, 0.05) is 16.5 Å². The van der Waals surface area contributed by atoms with Crippen molar-refractivity contribution in [3.8, 4) is 0 Å². The topological polar surface area (TPSA) is 49.3 Å². The molecule has 0 bridgehead atoms. The predicted octanol–water partition coefficient (Wildman–Crippen LogP) is 3.28. The van der Waals surface area contributed by atoms with Crippen molar-refractivity contribution in [2.24, 2.45) is 0 Å². The van der Waals surface area contributed by atoms with Crippen LogP contribution in [0.25, 0.3) is 0 Å². The molecule has 0 atom stereocenters. The van der Waals surface area contributed by atoms with Gasteiger partial charge in [-0.2, -0.15) is 0 Å². The van der Waals surface area contributed by atoms with E-state index in [9.17, 15) is 4.79 Å². The van der Waals surface area contributed by atoms with E-state index in [2.05, 4.69) is 5.32 Å². The SMILES string of the molecule is O=C(CSc1ccc(Cl)cc1)NCCc1ccc(CO)cc1. The van der Waals surface area contributed by atoms with Crippen molar-refractivity contribution in [1.29, 1.82) is 0 Å². The fourth-order valence-corrected chi connectivity index (χ4v) is 2.74. The highest BCUT2D eigenvalue weighted by Crippen LogP contribution is 2.19. The van der Waals surface area contributed by atoms with Gasteiger partial charge in [-0.15, -0.1) is 11.8 Å². The lowest BCUT2D eigenvalue weighted by Gasteiger charge is -2.06. The number of aliphatic hydroxyl groups excluding tert-OH is 1. The van der Waals surface area contributed by atoms with E-state index < -0.39 is 0 Å². The summed E-state index contributed by atoms with van der Waals surface area (Å²) in [5.74, 6) is 0.414. The highest BCUT2D eigenvalue weighted by atomic mass is 35.5. The van der Waals surface area contributed by atoms with Crippen molar-refractivity contribution >= 4 is 29.3 Å². The molecular formula is C17H18ClNO2S. The Kier molecular flexibility index (Phi) is 6.77. The summed E-state index contributed by atoms with van der Waals surface area (Å²) in [5, 5.41) is 12.6. The molecule has 0 aliphatic rings. The third-order valence-corrected chi connectivity index (χ3v) is 4.39. The number of carbonyl (C=O) groups excluding carboxylic acids is 1. The summed E-state index contributed by atoms with van der Waals surface area (Å²) in [6.45, 7) is 0.664. The highest BCUT2D eigenvalue weighted by Gasteiger charge is 2.03. The summed E-state index contributed by atoms with van der Waals surface area (Å²) in [7, 11) is 0. The Hall–Kier alpha value is -1.49. The number of thioether (sulfide) groups is 1. The molecule has 0 fully saturated rings. The maximum Gasteiger partial charge on any atom is 0.230 e. The molecule has 2 aromatic carbocycles. The summed E-state index contributed by atoms with van der Waals surface area (Å²) in [6, 6.07) is 15.2. The first-order valence-corrected chi connectivity index (χ1v) is 8.37. The van der Waals surface area contributed by atoms with E-state index in [0.717, 1.165) is 22.4 Å². The average Bonchev–Trinajstić information content (AvgIpc) is 2.55. The maximum atomic E-state index is 11.8. The van der Waals surface area contributed by atoms with Gasteiger partial charge in [0.2, 0.25) is 5.91 Å². The molecule has 0 saturated heterocycles. The van der Waals surface area contributed by atoms with Gasteiger partial charge in [0.05, 0.1) is 12.4 Å². The second kappa shape index (κ2) is 8.83. The molecule has 0 radical (unpaired) electrons. The predicted molar refractivity (Wildman–Crippen MR) is 91.3 cm³/mol. The van der Waals surface area contributed by atoms with Gasteiger partial charge in [-0.3, -0.25) is 4.79 Å². The van der Waals surface area contributed by atoms with Crippen LogP contribution in [-0.4, -0.2) is 23.3 Å². The summed E-state index contributed by atoms with van der Waals surface area (Å²) < 4.78 is 0. The van der Waals surface area contributed by atoms with Crippen LogP contribution in [0.1, 0.15) is 11.1 Å². The van der Waals surface area contributed by atoms with Gasteiger partial charge >= 0.3 is 0 Å². The fraction of sp³-hybridized carbons (Fsp3) is 0.235. The lowest BCUT2D eigenvalue weighted by Crippen LogP contribution is -2.27. The molecule has 0 heterocycles. The zero-order chi connectivity index (χ0) is 15.8. The molecule has 0 unspecified atom stereocenters. The average molecular weight is 336 g/mol. The standard InChI is InChI=1S/C17H18ClNO2S/c18-15-5-7-16(8-6-15)22-12-17(21)19-10-9-13-1-3-14(11-20)4-2-13/h1-8,20H,9-12H2,(H,19,21). The Balaban J connectivity index is 1.67. The Bertz CT molecular complexity index is 599. The molecule has 0 aliphatic carbocycles. The molecule has 3 nitrogen and oxygen atoms in total. The van der Waals surface area contributed by atoms with E-state index in [4.69, 9.17) is 16.7 Å². The number of nitrogens with one attached hydrogen (secondary N) is 1. The first-order chi connectivity index (χ1) is 10.7. The minimum absolute atomic E-state index is 0.0203. The Morgan fingerprint density at radius 1 is 1.05 bits per heavy atom. The maximum absolute atomic E-state index is 11.8. The number of halogens is 1. The van der Waals surface area contributed by atoms with Gasteiger partial charge in [-0.05, 0) is 41.8 Å². The summed E-state index contributed by atoms with van der Waals surface area (Å²) in [6.07, 6.45) is 0.781. The number of benzene rings is 2. The van der Waals surface area contributed by atoms with Crippen LogP contribution in [0.2, 0.25) is 5.02 Å². The lowest BCUT2D eigenvalue weighted by atomic mass is 10.1. The lowest BCUT2D eigenvalue weighted by molar-refractivity contribution is -0.118. The summed E-state index contributed by atoms with van der Waals surface area (Å²) >= 11 is 7.31. The zero-order valence-corrected chi connectivity index (χ0v) is 13.7. The molecule has 1 amide bonds. The van der Waals surface area contributed by atoms with Gasteiger partial charge in [-0.1, -0.05) is 35.9 Å². The number of hydrogen-bond acceptors (Lipinski definition) is 3. The number of hydrogen-bond donors (Lipinski definition) is 2. The number of rotatable bonds is 7. The molecule has 0 spiro atoms. The Morgan fingerprint density at radius 3 is 2.32 bits per heavy atom. The second-order valence-corrected chi connectivity index (χ2v) is 6.30. The molecule has 0 aromatic heterocycles. The monoisotopic (exact) mass is 335 g/mol. The van der Waals surface area contributed by atoms with E-state index >= 15 is 0 Å². The molecule has 116 valence electrons. The molecule has 2 rings (SSSR count). The molecular weight excluding hydrogens is 318 g/mol. The largest absolute Gasteiger partial charge is 0.392 e. The molecule has 2 aromatic rings. The van der Waals surface area contributed by atoms with Crippen LogP contribution in [0.15, 0.2) is 53.4 Å². The number of aliphatic hydroxyl groups is 1. The molecule has 22 heavy (non-hydrogen) atoms. The first-order valence-electron chi connectivity index (χ1n) is 7.01. The van der Waals surface area contributed by atoms with Gasteiger partial charge in [0.15, 0.2) is 0 Å². The van der Waals surface area contributed by atoms with Crippen LogP contribution in [0.4, 0.5) is 0 Å². The van der Waals surface area contributed by atoms with E-state index in [0.29, 0.717) is 17.3 Å². The van der Waals surface area contributed by atoms with Crippen molar-refractivity contribution in [2.45, 2.75) is 17.9 Å². The van der Waals surface area contributed by atoms with Gasteiger partial charge in [0.1, 0.15) is 0 Å². The molecule has 0 saturated carbocycles. The second-order valence-electron chi connectivity index (χ2n) is 4.82. The molecule has 0 aliphatic heterocycles. The Labute approximate surface area is 139 Å². The van der Waals surface area contributed by atoms with Crippen LogP contribution >= 0.6 is 23.4 Å². The van der Waals surface area contributed by atoms with Gasteiger partial charge in [0.25, 0.3) is 0 Å². The van der Waals surface area contributed by atoms with E-state index in [1.165, 1.54) is 11.8 Å². The normalized spacial score (nSPS) is 10.5. The van der Waals surface area contributed by atoms with Gasteiger partial charge < -0.3 is 10.4 Å². The Morgan fingerprint density at radius 2 is 1.68 bits per heavy atom. The summed E-state index contributed by atoms with van der Waals surface area (Å²) in [4.78, 5) is 12.8. The molecule has 5 heteroatoms. The van der Waals surface area contributed by atoms with E-state index in [1.807, 2.05) is 48.5 Å². The summed E-state index contributed by atoms with van der Waals surface area (Å²) in [5.41, 5.74) is 2.04. The van der Waals surface area contributed by atoms with Crippen molar-refractivity contribution in [1.82, 2.24) is 5.32 Å². The van der Waals surface area contributed by atoms with Crippen molar-refractivity contribution in [2.75, 3.05) is 12.3 Å². The molecule has 2 N–H and O–H groups in total. The van der Waals surface area contributed by atoms with Crippen LogP contribution in [-0.2, 0) is 17.8 Å². The minimum atomic E-state index is 0.0203. The number of amides is 1. The minimum Gasteiger partial charge on any atom is -0.392 e. The zero-order valence-electron chi connectivity index (χ0n) is 12.1.